The lowest BCUT2D eigenvalue weighted by atomic mass is 9.90. The molecule has 0 fully saturated rings. The van der Waals surface area contributed by atoms with Crippen LogP contribution in [0.15, 0.2) is 0 Å². The van der Waals surface area contributed by atoms with E-state index in [0.717, 1.165) is 25.7 Å². The van der Waals surface area contributed by atoms with Gasteiger partial charge in [0.1, 0.15) is 0 Å². The Bertz CT molecular complexity index is 288. The maximum atomic E-state index is 10.1. The molecule has 2 unspecified atom stereocenters. The van der Waals surface area contributed by atoms with E-state index in [0.29, 0.717) is 12.5 Å². The van der Waals surface area contributed by atoms with Crippen LogP contribution in [0.25, 0.3) is 0 Å². The second-order valence-corrected chi connectivity index (χ2v) is 9.02. The Labute approximate surface area is 175 Å². The minimum atomic E-state index is -0.254. The normalized spacial score (nSPS) is 14.9. The summed E-state index contributed by atoms with van der Waals surface area (Å²) in [5, 5.41) is 29.3. The van der Waals surface area contributed by atoms with Crippen LogP contribution >= 0.6 is 0 Å². The molecule has 0 heterocycles. The van der Waals surface area contributed by atoms with Crippen molar-refractivity contribution >= 4 is 0 Å². The number of hydrogen-bond acceptors (Lipinski definition) is 4. The molecule has 0 aromatic carbocycles. The first-order chi connectivity index (χ1) is 13.6. The summed E-state index contributed by atoms with van der Waals surface area (Å²) in [5.74, 6) is 0.467. The predicted octanol–water partition coefficient (Wildman–Crippen LogP) is 6.47. The van der Waals surface area contributed by atoms with E-state index in [9.17, 15) is 15.4 Å². The molecule has 0 amide bonds. The van der Waals surface area contributed by atoms with Crippen LogP contribution in [0, 0.1) is 11.1 Å². The molecule has 0 radical (unpaired) electrons. The largest absolute Gasteiger partial charge is 0.788 e. The highest BCUT2D eigenvalue weighted by Crippen LogP contribution is 2.22. The zero-order chi connectivity index (χ0) is 20.9. The van der Waals surface area contributed by atoms with Crippen LogP contribution in [0.5, 0.6) is 0 Å². The van der Waals surface area contributed by atoms with Gasteiger partial charge < -0.3 is 20.9 Å². The van der Waals surface area contributed by atoms with Gasteiger partial charge in [-0.05, 0) is 45.6 Å². The Morgan fingerprint density at radius 2 is 0.893 bits per heavy atom. The molecule has 28 heavy (non-hydrogen) atoms. The predicted molar refractivity (Wildman–Crippen MR) is 121 cm³/mol. The van der Waals surface area contributed by atoms with Crippen molar-refractivity contribution in [2.24, 2.45) is 5.92 Å². The summed E-state index contributed by atoms with van der Waals surface area (Å²) in [6, 6.07) is 0. The van der Waals surface area contributed by atoms with E-state index in [4.69, 9.17) is 0 Å². The number of aliphatic hydroxyl groups excluding tert-OH is 2. The molecule has 0 aliphatic carbocycles. The highest BCUT2D eigenvalue weighted by Gasteiger charge is 2.14. The van der Waals surface area contributed by atoms with Gasteiger partial charge in [-0.2, -0.15) is 0 Å². The fraction of sp³-hybridized carbons (Fsp3) is 1.00. The number of hydroxylamine groups is 1. The molecule has 4 nitrogen and oxygen atoms in total. The van der Waals surface area contributed by atoms with Gasteiger partial charge in [0.2, 0.25) is 0 Å². The second kappa shape index (κ2) is 21.5. The minimum Gasteiger partial charge on any atom is -0.788 e. The molecular formula is C24H50NO3-. The summed E-state index contributed by atoms with van der Waals surface area (Å²) in [7, 11) is 0. The number of rotatable bonds is 22. The Kier molecular flexibility index (Phi) is 21.4. The quantitative estimate of drug-likeness (QED) is 0.144. The first-order valence-corrected chi connectivity index (χ1v) is 12.3. The van der Waals surface area contributed by atoms with Crippen LogP contribution in [0.4, 0.5) is 0 Å². The molecule has 0 aromatic heterocycles. The maximum absolute atomic E-state index is 10.1. The monoisotopic (exact) mass is 400 g/mol. The molecule has 0 rings (SSSR count). The van der Waals surface area contributed by atoms with Gasteiger partial charge in [0, 0.05) is 0 Å². The van der Waals surface area contributed by atoms with Crippen molar-refractivity contribution in [3.8, 4) is 0 Å². The Hall–Kier alpha value is -0.160. The third-order valence-electron chi connectivity index (χ3n) is 5.74. The zero-order valence-electron chi connectivity index (χ0n) is 19.0. The van der Waals surface area contributed by atoms with Gasteiger partial charge in [-0.15, -0.1) is 0 Å². The second-order valence-electron chi connectivity index (χ2n) is 9.02. The summed E-state index contributed by atoms with van der Waals surface area (Å²) in [5.41, 5.74) is 1.97. The Morgan fingerprint density at radius 1 is 0.571 bits per heavy atom. The highest BCUT2D eigenvalue weighted by molar-refractivity contribution is 4.66. The summed E-state index contributed by atoms with van der Waals surface area (Å²) in [6.07, 6.45) is 22.0. The molecule has 0 aliphatic heterocycles. The molecule has 0 aromatic rings. The summed E-state index contributed by atoms with van der Waals surface area (Å²) in [6.45, 7) is 4.32. The van der Waals surface area contributed by atoms with E-state index < -0.39 is 0 Å². The first-order valence-electron chi connectivity index (χ1n) is 12.3. The van der Waals surface area contributed by atoms with Crippen LogP contribution in [0.2, 0.25) is 0 Å². The van der Waals surface area contributed by atoms with Crippen LogP contribution in [0.3, 0.4) is 0 Å². The zero-order valence-corrected chi connectivity index (χ0v) is 19.0. The summed E-state index contributed by atoms with van der Waals surface area (Å²) >= 11 is 0. The van der Waals surface area contributed by atoms with Crippen molar-refractivity contribution in [1.82, 2.24) is 5.48 Å². The molecule has 170 valence electrons. The smallest absolute Gasteiger partial charge is 0.0514 e. The van der Waals surface area contributed by atoms with Crippen LogP contribution < -0.4 is 5.48 Å². The molecule has 0 spiro atoms. The maximum Gasteiger partial charge on any atom is 0.0514 e. The van der Waals surface area contributed by atoms with E-state index in [1.807, 2.05) is 19.3 Å². The average molecular weight is 401 g/mol. The lowest BCUT2D eigenvalue weighted by Crippen LogP contribution is -2.15. The summed E-state index contributed by atoms with van der Waals surface area (Å²) < 4.78 is 0. The lowest BCUT2D eigenvalue weighted by Gasteiger charge is -2.19. The van der Waals surface area contributed by atoms with E-state index in [1.54, 1.807) is 0 Å². The lowest BCUT2D eigenvalue weighted by molar-refractivity contribution is 0.115. The van der Waals surface area contributed by atoms with E-state index >= 15 is 0 Å². The molecule has 2 atom stereocenters. The number of aliphatic hydroxyl groups is 2. The standard InChI is InChI=1S/C24H50NO3/c1-22(26)20-24(21-23(2)27)18-16-14-12-10-8-6-4-3-5-7-9-11-13-15-17-19-25-28/h22-27H,3-21H2,1-2H3/q-1. The third-order valence-corrected chi connectivity index (χ3v) is 5.74. The van der Waals surface area contributed by atoms with Crippen molar-refractivity contribution in [2.75, 3.05) is 6.54 Å². The topological polar surface area (TPSA) is 75.5 Å². The highest BCUT2D eigenvalue weighted by atomic mass is 16.5. The van der Waals surface area contributed by atoms with E-state index in [-0.39, 0.29) is 12.2 Å². The van der Waals surface area contributed by atoms with Gasteiger partial charge in [0.05, 0.1) is 12.2 Å². The minimum absolute atomic E-state index is 0.254. The Morgan fingerprint density at radius 3 is 1.21 bits per heavy atom. The SMILES string of the molecule is CC(O)CC(CCCCCCCCCCCCCCCCCN[O-])CC(C)O. The van der Waals surface area contributed by atoms with Crippen LogP contribution in [-0.2, 0) is 0 Å². The number of unbranched alkanes of at least 4 members (excludes halogenated alkanes) is 14. The van der Waals surface area contributed by atoms with E-state index in [2.05, 4.69) is 0 Å². The average Bonchev–Trinajstić information content (AvgIpc) is 2.63. The molecule has 4 heteroatoms. The Balaban J connectivity index is 3.28. The van der Waals surface area contributed by atoms with Crippen molar-refractivity contribution in [3.63, 3.8) is 0 Å². The fourth-order valence-corrected chi connectivity index (χ4v) is 4.23. The van der Waals surface area contributed by atoms with Crippen LogP contribution in [-0.4, -0.2) is 29.0 Å². The molecule has 0 saturated heterocycles. The van der Waals surface area contributed by atoms with Gasteiger partial charge in [-0.25, -0.2) is 0 Å². The van der Waals surface area contributed by atoms with Gasteiger partial charge in [-0.3, -0.25) is 0 Å². The molecule has 0 bridgehead atoms. The van der Waals surface area contributed by atoms with Gasteiger partial charge in [0.15, 0.2) is 0 Å². The van der Waals surface area contributed by atoms with Crippen molar-refractivity contribution in [3.05, 3.63) is 5.21 Å². The van der Waals surface area contributed by atoms with Crippen molar-refractivity contribution in [1.29, 1.82) is 0 Å². The summed E-state index contributed by atoms with van der Waals surface area (Å²) in [4.78, 5) is 0. The molecule has 0 saturated carbocycles. The van der Waals surface area contributed by atoms with Gasteiger partial charge >= 0.3 is 0 Å². The number of nitrogens with one attached hydrogen (secondary N) is 1. The molecular weight excluding hydrogens is 350 g/mol. The third kappa shape index (κ3) is 22.1. The first kappa shape index (κ1) is 27.8. The van der Waals surface area contributed by atoms with Crippen LogP contribution in [0.1, 0.15) is 129 Å². The molecule has 3 N–H and O–H groups in total. The molecule has 0 aliphatic rings. The van der Waals surface area contributed by atoms with Crippen molar-refractivity contribution < 1.29 is 10.2 Å². The van der Waals surface area contributed by atoms with E-state index in [1.165, 1.54) is 89.9 Å². The van der Waals surface area contributed by atoms with Gasteiger partial charge in [-0.1, -0.05) is 96.3 Å². The number of hydrogen-bond donors (Lipinski definition) is 3. The van der Waals surface area contributed by atoms with Gasteiger partial charge in [0.25, 0.3) is 0 Å². The van der Waals surface area contributed by atoms with Crippen molar-refractivity contribution in [2.45, 2.75) is 142 Å². The fourth-order valence-electron chi connectivity index (χ4n) is 4.23.